The Morgan fingerprint density at radius 2 is 2.00 bits per heavy atom. The Bertz CT molecular complexity index is 113. The third kappa shape index (κ3) is 2.46. The Balaban J connectivity index is 0.000000213. The van der Waals surface area contributed by atoms with Crippen LogP contribution in [0.1, 0.15) is 39.5 Å². The van der Waals surface area contributed by atoms with Crippen molar-refractivity contribution in [2.75, 3.05) is 19.8 Å². The van der Waals surface area contributed by atoms with Gasteiger partial charge in [-0.25, -0.2) is 0 Å². The Kier molecular flexibility index (Phi) is 4.02. The fraction of sp³-hybridized carbons (Fsp3) is 1.00. The molecule has 2 aliphatic rings. The second-order valence-electron chi connectivity index (χ2n) is 3.82. The molecule has 1 spiro atoms. The van der Waals surface area contributed by atoms with Gasteiger partial charge >= 0.3 is 0 Å². The minimum absolute atomic E-state index is 0.429. The summed E-state index contributed by atoms with van der Waals surface area (Å²) in [5.74, 6) is 0. The van der Waals surface area contributed by atoms with E-state index in [-0.39, 0.29) is 0 Å². The SMILES string of the molecule is C1CC2(C1)COCCN2.CCC. The fourth-order valence-corrected chi connectivity index (χ4v) is 1.63. The van der Waals surface area contributed by atoms with Gasteiger partial charge in [-0.1, -0.05) is 20.3 Å². The summed E-state index contributed by atoms with van der Waals surface area (Å²) >= 11 is 0. The highest BCUT2D eigenvalue weighted by molar-refractivity contribution is 4.97. The highest BCUT2D eigenvalue weighted by atomic mass is 16.5. The quantitative estimate of drug-likeness (QED) is 0.601. The molecule has 0 atom stereocenters. The molecule has 1 aliphatic carbocycles. The molecule has 0 radical (unpaired) electrons. The van der Waals surface area contributed by atoms with E-state index in [0.29, 0.717) is 5.54 Å². The van der Waals surface area contributed by atoms with Gasteiger partial charge < -0.3 is 10.1 Å². The molecule has 2 heteroatoms. The summed E-state index contributed by atoms with van der Waals surface area (Å²) < 4.78 is 5.36. The minimum Gasteiger partial charge on any atom is -0.378 e. The lowest BCUT2D eigenvalue weighted by molar-refractivity contribution is -0.0106. The Labute approximate surface area is 75.7 Å². The van der Waals surface area contributed by atoms with Crippen molar-refractivity contribution in [1.29, 1.82) is 0 Å². The van der Waals surface area contributed by atoms with Gasteiger partial charge in [-0.15, -0.1) is 0 Å². The van der Waals surface area contributed by atoms with Crippen molar-refractivity contribution >= 4 is 0 Å². The molecule has 12 heavy (non-hydrogen) atoms. The van der Waals surface area contributed by atoms with Gasteiger partial charge in [0, 0.05) is 12.1 Å². The Morgan fingerprint density at radius 1 is 1.33 bits per heavy atom. The molecule has 0 aromatic rings. The zero-order chi connectivity index (χ0) is 8.86. The molecule has 0 unspecified atom stereocenters. The van der Waals surface area contributed by atoms with Crippen LogP contribution in [0.15, 0.2) is 0 Å². The van der Waals surface area contributed by atoms with Crippen LogP contribution in [0.4, 0.5) is 0 Å². The maximum absolute atomic E-state index is 5.36. The van der Waals surface area contributed by atoms with E-state index in [2.05, 4.69) is 19.2 Å². The zero-order valence-electron chi connectivity index (χ0n) is 8.36. The van der Waals surface area contributed by atoms with Crippen molar-refractivity contribution in [1.82, 2.24) is 5.32 Å². The van der Waals surface area contributed by atoms with Crippen LogP contribution in [0.25, 0.3) is 0 Å². The van der Waals surface area contributed by atoms with E-state index >= 15 is 0 Å². The molecule has 0 aromatic heterocycles. The van der Waals surface area contributed by atoms with Gasteiger partial charge in [-0.05, 0) is 19.3 Å². The molecule has 1 saturated heterocycles. The maximum Gasteiger partial charge on any atom is 0.0648 e. The van der Waals surface area contributed by atoms with E-state index in [1.165, 1.54) is 25.7 Å². The standard InChI is InChI=1S/C7H13NO.C3H8/c1-2-7(3-1)6-9-5-4-8-7;1-3-2/h8H,1-6H2;3H2,1-2H3. The van der Waals surface area contributed by atoms with E-state index in [0.717, 1.165) is 19.8 Å². The van der Waals surface area contributed by atoms with Crippen LogP contribution < -0.4 is 5.32 Å². The first-order valence-corrected chi connectivity index (χ1v) is 5.16. The average Bonchev–Trinajstić information content (AvgIpc) is 2.05. The van der Waals surface area contributed by atoms with E-state index < -0.39 is 0 Å². The Hall–Kier alpha value is -0.0800. The zero-order valence-corrected chi connectivity index (χ0v) is 8.36. The van der Waals surface area contributed by atoms with Gasteiger partial charge in [0.25, 0.3) is 0 Å². The molecule has 0 bridgehead atoms. The molecular formula is C10H21NO. The molecule has 1 saturated carbocycles. The number of hydrogen-bond acceptors (Lipinski definition) is 2. The first kappa shape index (κ1) is 10.0. The molecule has 1 heterocycles. The first-order chi connectivity index (χ1) is 5.83. The smallest absolute Gasteiger partial charge is 0.0648 e. The number of morpholine rings is 1. The molecule has 2 nitrogen and oxygen atoms in total. The molecule has 2 fully saturated rings. The van der Waals surface area contributed by atoms with E-state index in [1.54, 1.807) is 0 Å². The number of hydrogen-bond donors (Lipinski definition) is 1. The van der Waals surface area contributed by atoms with Crippen LogP contribution in [0.3, 0.4) is 0 Å². The number of ether oxygens (including phenoxy) is 1. The first-order valence-electron chi connectivity index (χ1n) is 5.16. The monoisotopic (exact) mass is 171 g/mol. The number of rotatable bonds is 0. The molecular weight excluding hydrogens is 150 g/mol. The van der Waals surface area contributed by atoms with Gasteiger partial charge in [-0.3, -0.25) is 0 Å². The van der Waals surface area contributed by atoms with E-state index in [4.69, 9.17) is 4.74 Å². The highest BCUT2D eigenvalue weighted by Gasteiger charge is 2.38. The van der Waals surface area contributed by atoms with Crippen molar-refractivity contribution < 1.29 is 4.74 Å². The summed E-state index contributed by atoms with van der Waals surface area (Å²) in [6.07, 6.45) is 5.29. The third-order valence-corrected chi connectivity index (χ3v) is 2.44. The van der Waals surface area contributed by atoms with Crippen LogP contribution >= 0.6 is 0 Å². The molecule has 72 valence electrons. The summed E-state index contributed by atoms with van der Waals surface area (Å²) in [5.41, 5.74) is 0.429. The van der Waals surface area contributed by atoms with E-state index in [1.807, 2.05) is 0 Å². The van der Waals surface area contributed by atoms with Crippen molar-refractivity contribution in [2.45, 2.75) is 45.1 Å². The van der Waals surface area contributed by atoms with Gasteiger partial charge in [0.15, 0.2) is 0 Å². The van der Waals surface area contributed by atoms with Crippen LogP contribution in [0.2, 0.25) is 0 Å². The topological polar surface area (TPSA) is 21.3 Å². The van der Waals surface area contributed by atoms with Gasteiger partial charge in [0.2, 0.25) is 0 Å². The lowest BCUT2D eigenvalue weighted by Gasteiger charge is -2.45. The summed E-state index contributed by atoms with van der Waals surface area (Å²) in [5, 5.41) is 3.51. The molecule has 0 amide bonds. The third-order valence-electron chi connectivity index (χ3n) is 2.44. The molecule has 1 aliphatic heterocycles. The van der Waals surface area contributed by atoms with Gasteiger partial charge in [0.1, 0.15) is 0 Å². The predicted molar refractivity (Wildman–Crippen MR) is 51.4 cm³/mol. The summed E-state index contributed by atoms with van der Waals surface area (Å²) in [6, 6.07) is 0. The summed E-state index contributed by atoms with van der Waals surface area (Å²) in [7, 11) is 0. The van der Waals surface area contributed by atoms with Crippen molar-refractivity contribution in [3.8, 4) is 0 Å². The molecule has 0 aromatic carbocycles. The lowest BCUT2D eigenvalue weighted by Crippen LogP contribution is -2.58. The van der Waals surface area contributed by atoms with Gasteiger partial charge in [-0.2, -0.15) is 0 Å². The predicted octanol–water partition coefficient (Wildman–Crippen LogP) is 1.95. The summed E-state index contributed by atoms with van der Waals surface area (Å²) in [4.78, 5) is 0. The fourth-order valence-electron chi connectivity index (χ4n) is 1.63. The van der Waals surface area contributed by atoms with Crippen LogP contribution in [-0.2, 0) is 4.74 Å². The largest absolute Gasteiger partial charge is 0.378 e. The minimum atomic E-state index is 0.429. The average molecular weight is 171 g/mol. The summed E-state index contributed by atoms with van der Waals surface area (Å²) in [6.45, 7) is 7.16. The van der Waals surface area contributed by atoms with Crippen molar-refractivity contribution in [3.05, 3.63) is 0 Å². The van der Waals surface area contributed by atoms with E-state index in [9.17, 15) is 0 Å². The van der Waals surface area contributed by atoms with Gasteiger partial charge in [0.05, 0.1) is 13.2 Å². The second kappa shape index (κ2) is 4.83. The normalized spacial score (nSPS) is 25.5. The van der Waals surface area contributed by atoms with Crippen LogP contribution in [0.5, 0.6) is 0 Å². The molecule has 2 rings (SSSR count). The highest BCUT2D eigenvalue weighted by Crippen LogP contribution is 2.32. The van der Waals surface area contributed by atoms with Crippen molar-refractivity contribution in [3.63, 3.8) is 0 Å². The van der Waals surface area contributed by atoms with Crippen molar-refractivity contribution in [2.24, 2.45) is 0 Å². The maximum atomic E-state index is 5.36. The van der Waals surface area contributed by atoms with Crippen LogP contribution in [0, 0.1) is 0 Å². The number of nitrogens with one attached hydrogen (secondary N) is 1. The second-order valence-corrected chi connectivity index (χ2v) is 3.82. The molecule has 1 N–H and O–H groups in total. The van der Waals surface area contributed by atoms with Crippen LogP contribution in [-0.4, -0.2) is 25.3 Å². The lowest BCUT2D eigenvalue weighted by atomic mass is 9.77. The Morgan fingerprint density at radius 3 is 2.25 bits per heavy atom.